The Hall–Kier alpha value is -2.92. The topological polar surface area (TPSA) is 51.1 Å². The molecule has 0 atom stereocenters. The second-order valence-electron chi connectivity index (χ2n) is 5.41. The third-order valence-corrected chi connectivity index (χ3v) is 3.99. The number of ketones is 1. The Morgan fingerprint density at radius 1 is 1.00 bits per heavy atom. The van der Waals surface area contributed by atoms with Crippen LogP contribution >= 0.6 is 11.6 Å². The van der Waals surface area contributed by atoms with Gasteiger partial charge in [0.1, 0.15) is 5.82 Å². The Balaban J connectivity index is 1.77. The summed E-state index contributed by atoms with van der Waals surface area (Å²) in [6.45, 7) is 0.355. The molecule has 25 heavy (non-hydrogen) atoms. The highest BCUT2D eigenvalue weighted by Gasteiger charge is 2.20. The molecule has 0 bridgehead atoms. The van der Waals surface area contributed by atoms with Crippen molar-refractivity contribution >= 4 is 29.0 Å². The predicted molar refractivity (Wildman–Crippen MR) is 94.3 cm³/mol. The van der Waals surface area contributed by atoms with Crippen LogP contribution in [-0.2, 0) is 11.3 Å². The number of Topliss-reactive ketones (excluding diaryl/α,β-unsaturated/α-hetero) is 1. The summed E-state index contributed by atoms with van der Waals surface area (Å²) in [4.78, 5) is 24.7. The van der Waals surface area contributed by atoms with Crippen LogP contribution in [0.1, 0.15) is 16.1 Å². The molecule has 0 spiro atoms. The molecule has 0 aliphatic heterocycles. The fraction of sp³-hybridized carbons (Fsp3) is 0.0526. The molecule has 0 fully saturated rings. The van der Waals surface area contributed by atoms with Gasteiger partial charge in [-0.15, -0.1) is 0 Å². The molecule has 0 saturated heterocycles. The van der Waals surface area contributed by atoms with E-state index in [9.17, 15) is 14.0 Å². The molecule has 1 heterocycles. The third-order valence-electron chi connectivity index (χ3n) is 3.66. The number of benzene rings is 2. The van der Waals surface area contributed by atoms with Gasteiger partial charge in [-0.1, -0.05) is 35.9 Å². The first-order valence-electron chi connectivity index (χ1n) is 7.54. The molecule has 0 aliphatic rings. The van der Waals surface area contributed by atoms with Crippen LogP contribution in [0.3, 0.4) is 0 Å². The number of aromatic nitrogens is 1. The van der Waals surface area contributed by atoms with Gasteiger partial charge < -0.3 is 9.88 Å². The van der Waals surface area contributed by atoms with Gasteiger partial charge in [-0.3, -0.25) is 9.59 Å². The summed E-state index contributed by atoms with van der Waals surface area (Å²) in [5.41, 5.74) is 1.44. The van der Waals surface area contributed by atoms with Crippen molar-refractivity contribution in [2.75, 3.05) is 5.32 Å². The third kappa shape index (κ3) is 3.95. The molecule has 0 radical (unpaired) electrons. The van der Waals surface area contributed by atoms with Crippen LogP contribution in [0.5, 0.6) is 0 Å². The number of para-hydroxylation sites is 1. The van der Waals surface area contributed by atoms with Crippen LogP contribution in [0.25, 0.3) is 0 Å². The maximum absolute atomic E-state index is 13.0. The van der Waals surface area contributed by atoms with Crippen LogP contribution in [-0.4, -0.2) is 16.3 Å². The minimum atomic E-state index is -0.771. The van der Waals surface area contributed by atoms with Gasteiger partial charge in [0, 0.05) is 12.7 Å². The van der Waals surface area contributed by atoms with Gasteiger partial charge in [-0.25, -0.2) is 4.39 Å². The van der Waals surface area contributed by atoms with E-state index in [0.29, 0.717) is 17.3 Å². The van der Waals surface area contributed by atoms with E-state index < -0.39 is 11.7 Å². The van der Waals surface area contributed by atoms with Crippen LogP contribution in [0.4, 0.5) is 10.1 Å². The van der Waals surface area contributed by atoms with Gasteiger partial charge >= 0.3 is 0 Å². The average molecular weight is 357 g/mol. The Kier molecular flexibility index (Phi) is 4.95. The molecular weight excluding hydrogens is 343 g/mol. The lowest BCUT2D eigenvalue weighted by Crippen LogP contribution is -2.25. The summed E-state index contributed by atoms with van der Waals surface area (Å²) in [6, 6.07) is 15.9. The largest absolute Gasteiger partial charge is 0.340 e. The predicted octanol–water partition coefficient (Wildman–Crippen LogP) is 4.15. The molecule has 3 aromatic rings. The molecule has 6 heteroatoms. The number of nitrogens with zero attached hydrogens (tertiary/aromatic N) is 1. The maximum Gasteiger partial charge on any atom is 0.298 e. The van der Waals surface area contributed by atoms with E-state index in [1.54, 1.807) is 59.3 Å². The molecule has 1 N–H and O–H groups in total. The molecule has 0 aliphatic carbocycles. The first kappa shape index (κ1) is 16.9. The second kappa shape index (κ2) is 7.32. The Morgan fingerprint density at radius 3 is 2.44 bits per heavy atom. The molecular formula is C19H14ClFN2O2. The number of carbonyl (C=O) groups excluding carboxylic acids is 2. The smallest absolute Gasteiger partial charge is 0.298 e. The molecule has 4 nitrogen and oxygen atoms in total. The van der Waals surface area contributed by atoms with E-state index in [0.717, 1.165) is 5.56 Å². The summed E-state index contributed by atoms with van der Waals surface area (Å²) in [5, 5.41) is 2.87. The molecule has 0 saturated carbocycles. The van der Waals surface area contributed by atoms with Crippen LogP contribution in [0.2, 0.25) is 5.02 Å². The van der Waals surface area contributed by atoms with E-state index in [2.05, 4.69) is 5.32 Å². The minimum absolute atomic E-state index is 0.244. The molecule has 1 amide bonds. The number of hydrogen-bond donors (Lipinski definition) is 1. The maximum atomic E-state index is 13.0. The van der Waals surface area contributed by atoms with Crippen molar-refractivity contribution in [1.29, 1.82) is 0 Å². The summed E-state index contributed by atoms with van der Waals surface area (Å²) >= 11 is 5.99. The Morgan fingerprint density at radius 2 is 1.72 bits per heavy atom. The van der Waals surface area contributed by atoms with Crippen LogP contribution < -0.4 is 5.32 Å². The number of anilines is 1. The lowest BCUT2D eigenvalue weighted by molar-refractivity contribution is -0.112. The van der Waals surface area contributed by atoms with Crippen molar-refractivity contribution in [3.63, 3.8) is 0 Å². The van der Waals surface area contributed by atoms with Crippen molar-refractivity contribution in [2.24, 2.45) is 0 Å². The van der Waals surface area contributed by atoms with Gasteiger partial charge in [0.05, 0.1) is 16.4 Å². The van der Waals surface area contributed by atoms with Gasteiger partial charge in [0.25, 0.3) is 11.7 Å². The standard InChI is InChI=1S/C19H14ClFN2O2/c20-15-4-1-2-5-16(15)22-19(25)18(24)17-6-3-11-23(17)12-13-7-9-14(21)10-8-13/h1-11H,12H2,(H,22,25). The summed E-state index contributed by atoms with van der Waals surface area (Å²) in [5.74, 6) is -1.77. The van der Waals surface area contributed by atoms with Gasteiger partial charge in [0.15, 0.2) is 0 Å². The van der Waals surface area contributed by atoms with Crippen molar-refractivity contribution in [3.05, 3.63) is 89.0 Å². The highest BCUT2D eigenvalue weighted by atomic mass is 35.5. The number of amides is 1. The average Bonchev–Trinajstić information content (AvgIpc) is 3.06. The Bertz CT molecular complexity index is 919. The van der Waals surface area contributed by atoms with Crippen LogP contribution in [0.15, 0.2) is 66.9 Å². The van der Waals surface area contributed by atoms with Crippen molar-refractivity contribution in [3.8, 4) is 0 Å². The Labute approximate surface area is 148 Å². The van der Waals surface area contributed by atoms with Gasteiger partial charge in [0.2, 0.25) is 0 Å². The number of rotatable bonds is 5. The van der Waals surface area contributed by atoms with E-state index in [4.69, 9.17) is 11.6 Å². The van der Waals surface area contributed by atoms with E-state index >= 15 is 0 Å². The van der Waals surface area contributed by atoms with Gasteiger partial charge in [-0.2, -0.15) is 0 Å². The zero-order valence-corrected chi connectivity index (χ0v) is 13.8. The quantitative estimate of drug-likeness (QED) is 0.551. The molecule has 2 aromatic carbocycles. The minimum Gasteiger partial charge on any atom is -0.340 e. The van der Waals surface area contributed by atoms with E-state index in [1.165, 1.54) is 12.1 Å². The second-order valence-corrected chi connectivity index (χ2v) is 5.82. The zero-order chi connectivity index (χ0) is 17.8. The number of halogens is 2. The highest BCUT2D eigenvalue weighted by molar-refractivity contribution is 6.47. The van der Waals surface area contributed by atoms with Gasteiger partial charge in [-0.05, 0) is 42.0 Å². The fourth-order valence-corrected chi connectivity index (χ4v) is 2.59. The summed E-state index contributed by atoms with van der Waals surface area (Å²) in [7, 11) is 0. The zero-order valence-electron chi connectivity index (χ0n) is 13.1. The normalized spacial score (nSPS) is 10.5. The highest BCUT2D eigenvalue weighted by Crippen LogP contribution is 2.20. The van der Waals surface area contributed by atoms with E-state index in [-0.39, 0.29) is 11.5 Å². The number of nitrogens with one attached hydrogen (secondary N) is 1. The fourth-order valence-electron chi connectivity index (χ4n) is 2.40. The number of hydrogen-bond acceptors (Lipinski definition) is 2. The lowest BCUT2D eigenvalue weighted by atomic mass is 10.2. The van der Waals surface area contributed by atoms with E-state index in [1.807, 2.05) is 0 Å². The monoisotopic (exact) mass is 356 g/mol. The van der Waals surface area contributed by atoms with Crippen molar-refractivity contribution in [2.45, 2.75) is 6.54 Å². The SMILES string of the molecule is O=C(Nc1ccccc1Cl)C(=O)c1cccn1Cc1ccc(F)cc1. The molecule has 126 valence electrons. The molecule has 0 unspecified atom stereocenters. The first-order chi connectivity index (χ1) is 12.0. The lowest BCUT2D eigenvalue weighted by Gasteiger charge is -2.10. The first-order valence-corrected chi connectivity index (χ1v) is 7.92. The summed E-state index contributed by atoms with van der Waals surface area (Å²) < 4.78 is 14.6. The summed E-state index contributed by atoms with van der Waals surface area (Å²) in [6.07, 6.45) is 1.69. The molecule has 3 rings (SSSR count). The molecule has 1 aromatic heterocycles. The van der Waals surface area contributed by atoms with Crippen molar-refractivity contribution in [1.82, 2.24) is 4.57 Å². The van der Waals surface area contributed by atoms with Crippen molar-refractivity contribution < 1.29 is 14.0 Å². The number of carbonyl (C=O) groups is 2. The van der Waals surface area contributed by atoms with Crippen LogP contribution in [0, 0.1) is 5.82 Å².